The Labute approximate surface area is 237 Å². The molecule has 0 radical (unpaired) electrons. The molecule has 1 fully saturated rings. The van der Waals surface area contributed by atoms with E-state index < -0.39 is 10.0 Å². The van der Waals surface area contributed by atoms with E-state index in [4.69, 9.17) is 14.5 Å². The van der Waals surface area contributed by atoms with Crippen molar-refractivity contribution in [2.45, 2.75) is 4.90 Å². The van der Waals surface area contributed by atoms with Crippen molar-refractivity contribution in [3.63, 3.8) is 0 Å². The van der Waals surface area contributed by atoms with E-state index in [0.29, 0.717) is 35.8 Å². The number of ether oxygens (including phenoxy) is 2. The second-order valence-corrected chi connectivity index (χ2v) is 11.9. The molecule has 2 heterocycles. The Morgan fingerprint density at radius 2 is 1.75 bits per heavy atom. The molecule has 10 nitrogen and oxygen atoms in total. The van der Waals surface area contributed by atoms with Crippen LogP contribution >= 0.6 is 11.3 Å². The maximum atomic E-state index is 12.8. The topological polar surface area (TPSA) is 113 Å². The van der Waals surface area contributed by atoms with Gasteiger partial charge in [0.15, 0.2) is 16.6 Å². The highest BCUT2D eigenvalue weighted by molar-refractivity contribution is 7.92. The number of nitrogens with one attached hydrogen (secondary N) is 2. The minimum Gasteiger partial charge on any atom is -0.493 e. The fourth-order valence-electron chi connectivity index (χ4n) is 4.56. The van der Waals surface area contributed by atoms with E-state index >= 15 is 0 Å². The number of nitrogens with zero attached hydrogens (tertiary/aromatic N) is 3. The van der Waals surface area contributed by atoms with E-state index in [1.54, 1.807) is 62.0 Å². The SMILES string of the molecule is COc1ccc2sc(N3CCN(CCNC(=O)c4cccc(NS(=O)(=O)c5ccccc5)c4)CC3)nc2c1OC. The number of amides is 1. The van der Waals surface area contributed by atoms with Gasteiger partial charge < -0.3 is 19.7 Å². The minimum absolute atomic E-state index is 0.160. The molecular formula is C28H31N5O5S2. The van der Waals surface area contributed by atoms with Gasteiger partial charge in [-0.25, -0.2) is 13.4 Å². The zero-order chi connectivity index (χ0) is 28.1. The highest BCUT2D eigenvalue weighted by Crippen LogP contribution is 2.40. The average molecular weight is 582 g/mol. The number of hydrogen-bond acceptors (Lipinski definition) is 9. The van der Waals surface area contributed by atoms with E-state index in [1.807, 2.05) is 12.1 Å². The van der Waals surface area contributed by atoms with E-state index in [-0.39, 0.29) is 10.8 Å². The highest BCUT2D eigenvalue weighted by Gasteiger charge is 2.22. The van der Waals surface area contributed by atoms with Gasteiger partial charge in [0.05, 0.1) is 23.8 Å². The van der Waals surface area contributed by atoms with E-state index in [0.717, 1.165) is 41.5 Å². The Morgan fingerprint density at radius 1 is 0.975 bits per heavy atom. The number of sulfonamides is 1. The molecule has 4 aromatic rings. The number of fused-ring (bicyclic) bond motifs is 1. The highest BCUT2D eigenvalue weighted by atomic mass is 32.2. The molecule has 0 atom stereocenters. The first-order valence-corrected chi connectivity index (χ1v) is 15.1. The quantitative estimate of drug-likeness (QED) is 0.292. The third-order valence-corrected chi connectivity index (χ3v) is 9.16. The fourth-order valence-corrected chi connectivity index (χ4v) is 6.65. The van der Waals surface area contributed by atoms with Gasteiger partial charge in [-0.15, -0.1) is 0 Å². The number of rotatable bonds is 10. The molecule has 0 aliphatic carbocycles. The monoisotopic (exact) mass is 581 g/mol. The van der Waals surface area contributed by atoms with Gasteiger partial charge in [-0.1, -0.05) is 35.6 Å². The smallest absolute Gasteiger partial charge is 0.261 e. The number of methoxy groups -OCH3 is 2. The molecule has 1 saturated heterocycles. The second kappa shape index (κ2) is 12.1. The van der Waals surface area contributed by atoms with Gasteiger partial charge in [-0.05, 0) is 42.5 Å². The molecule has 0 saturated carbocycles. The van der Waals surface area contributed by atoms with Crippen molar-refractivity contribution in [1.82, 2.24) is 15.2 Å². The maximum absolute atomic E-state index is 12.8. The predicted molar refractivity (Wildman–Crippen MR) is 157 cm³/mol. The first-order valence-electron chi connectivity index (χ1n) is 12.8. The summed E-state index contributed by atoms with van der Waals surface area (Å²) in [5, 5.41) is 3.90. The Hall–Kier alpha value is -3.87. The van der Waals surface area contributed by atoms with Crippen molar-refractivity contribution in [2.75, 3.05) is 63.1 Å². The maximum Gasteiger partial charge on any atom is 0.261 e. The molecule has 0 bridgehead atoms. The summed E-state index contributed by atoms with van der Waals surface area (Å²) >= 11 is 1.64. The van der Waals surface area contributed by atoms with E-state index in [2.05, 4.69) is 19.8 Å². The zero-order valence-corrected chi connectivity index (χ0v) is 23.9. The van der Waals surface area contributed by atoms with Crippen LogP contribution in [-0.2, 0) is 10.0 Å². The van der Waals surface area contributed by atoms with Crippen molar-refractivity contribution in [3.8, 4) is 11.5 Å². The minimum atomic E-state index is -3.73. The number of hydrogen-bond donors (Lipinski definition) is 2. The molecular weight excluding hydrogens is 550 g/mol. The molecule has 40 heavy (non-hydrogen) atoms. The Bertz CT molecular complexity index is 1590. The van der Waals surface area contributed by atoms with Gasteiger partial charge in [0.25, 0.3) is 15.9 Å². The van der Waals surface area contributed by atoms with Crippen molar-refractivity contribution < 1.29 is 22.7 Å². The first-order chi connectivity index (χ1) is 19.4. The third kappa shape index (κ3) is 6.14. The second-order valence-electron chi connectivity index (χ2n) is 9.23. The summed E-state index contributed by atoms with van der Waals surface area (Å²) in [6.45, 7) is 4.56. The van der Waals surface area contributed by atoms with Crippen molar-refractivity contribution in [1.29, 1.82) is 0 Å². The van der Waals surface area contributed by atoms with Crippen LogP contribution in [0, 0.1) is 0 Å². The molecule has 210 valence electrons. The van der Waals surface area contributed by atoms with Crippen LogP contribution in [0.1, 0.15) is 10.4 Å². The van der Waals surface area contributed by atoms with Crippen molar-refractivity contribution in [3.05, 3.63) is 72.3 Å². The molecule has 1 aliphatic heterocycles. The first kappa shape index (κ1) is 27.7. The van der Waals surface area contributed by atoms with Gasteiger partial charge in [-0.2, -0.15) is 0 Å². The largest absolute Gasteiger partial charge is 0.493 e. The lowest BCUT2D eigenvalue weighted by Gasteiger charge is -2.34. The lowest BCUT2D eigenvalue weighted by Crippen LogP contribution is -2.48. The molecule has 3 aromatic carbocycles. The van der Waals surface area contributed by atoms with Gasteiger partial charge in [-0.3, -0.25) is 14.4 Å². The van der Waals surface area contributed by atoms with Crippen molar-refractivity contribution in [2.24, 2.45) is 0 Å². The number of piperazine rings is 1. The molecule has 1 aliphatic rings. The van der Waals surface area contributed by atoms with Crippen LogP contribution in [0.25, 0.3) is 10.2 Å². The number of anilines is 2. The Balaban J connectivity index is 1.11. The van der Waals surface area contributed by atoms with Crippen LogP contribution in [0.2, 0.25) is 0 Å². The van der Waals surface area contributed by atoms with Crippen molar-refractivity contribution >= 4 is 48.3 Å². The summed E-state index contributed by atoms with van der Waals surface area (Å²) in [5.74, 6) is 1.06. The van der Waals surface area contributed by atoms with Crippen LogP contribution in [0.4, 0.5) is 10.8 Å². The van der Waals surface area contributed by atoms with Gasteiger partial charge in [0.2, 0.25) is 0 Å². The molecule has 0 unspecified atom stereocenters. The van der Waals surface area contributed by atoms with Crippen LogP contribution in [0.5, 0.6) is 11.5 Å². The normalized spacial score (nSPS) is 14.2. The molecule has 0 spiro atoms. The summed E-state index contributed by atoms with van der Waals surface area (Å²) in [7, 11) is -0.494. The van der Waals surface area contributed by atoms with E-state index in [9.17, 15) is 13.2 Å². The summed E-state index contributed by atoms with van der Waals surface area (Å²) in [5.41, 5.74) is 1.53. The fraction of sp³-hybridized carbons (Fsp3) is 0.286. The molecule has 1 aromatic heterocycles. The van der Waals surface area contributed by atoms with Crippen LogP contribution in [0.15, 0.2) is 71.6 Å². The van der Waals surface area contributed by atoms with Crippen LogP contribution in [-0.4, -0.2) is 77.7 Å². The molecule has 12 heteroatoms. The molecule has 5 rings (SSSR count). The number of aromatic nitrogens is 1. The standard InChI is InChI=1S/C28H31N5O5S2/c1-37-23-11-12-24-25(26(23)38-2)30-28(39-24)33-17-15-32(16-18-33)14-13-29-27(34)20-7-6-8-21(19-20)31-40(35,36)22-9-4-3-5-10-22/h3-12,19,31H,13-18H2,1-2H3,(H,29,34). The number of benzene rings is 3. The predicted octanol–water partition coefficient (Wildman–Crippen LogP) is 3.67. The Morgan fingerprint density at radius 3 is 2.48 bits per heavy atom. The van der Waals surface area contributed by atoms with Crippen LogP contribution < -0.4 is 24.4 Å². The van der Waals surface area contributed by atoms with E-state index in [1.165, 1.54) is 18.2 Å². The summed E-state index contributed by atoms with van der Waals surface area (Å²) in [4.78, 5) is 22.3. The average Bonchev–Trinajstić information content (AvgIpc) is 3.42. The summed E-state index contributed by atoms with van der Waals surface area (Å²) in [6.07, 6.45) is 0. The Kier molecular flexibility index (Phi) is 8.38. The third-order valence-electron chi connectivity index (χ3n) is 6.68. The zero-order valence-electron chi connectivity index (χ0n) is 22.3. The van der Waals surface area contributed by atoms with Crippen LogP contribution in [0.3, 0.4) is 0 Å². The lowest BCUT2D eigenvalue weighted by molar-refractivity contribution is 0.0948. The molecule has 2 N–H and O–H groups in total. The number of thiazole rings is 1. The lowest BCUT2D eigenvalue weighted by atomic mass is 10.2. The molecule has 1 amide bonds. The van der Waals surface area contributed by atoms with Gasteiger partial charge >= 0.3 is 0 Å². The van der Waals surface area contributed by atoms with Gasteiger partial charge in [0, 0.05) is 50.5 Å². The van der Waals surface area contributed by atoms with Gasteiger partial charge in [0.1, 0.15) is 5.52 Å². The summed E-state index contributed by atoms with van der Waals surface area (Å²) < 4.78 is 39.7. The number of carbonyl (C=O) groups excluding carboxylic acids is 1. The number of carbonyl (C=O) groups is 1. The summed E-state index contributed by atoms with van der Waals surface area (Å²) in [6, 6.07) is 18.5.